The second kappa shape index (κ2) is 12.4. The number of carboxylic acid groups (broad SMARTS) is 1. The lowest BCUT2D eigenvalue weighted by Crippen LogP contribution is -2.41. The van der Waals surface area contributed by atoms with Gasteiger partial charge in [0.05, 0.1) is 46.2 Å². The number of ether oxygens (including phenoxy) is 1. The molecule has 9 nitrogen and oxygen atoms in total. The second-order valence-corrected chi connectivity index (χ2v) is 13.1. The minimum Gasteiger partial charge on any atom is -0.481 e. The fourth-order valence-corrected chi connectivity index (χ4v) is 6.18. The molecule has 2 aliphatic heterocycles. The Balaban J connectivity index is 1.47. The van der Waals surface area contributed by atoms with E-state index < -0.39 is 24.4 Å². The van der Waals surface area contributed by atoms with Crippen LogP contribution in [0, 0.1) is 0 Å². The smallest absolute Gasteiger partial charge is 0.481 e. The van der Waals surface area contributed by atoms with E-state index in [-0.39, 0.29) is 35.9 Å². The van der Waals surface area contributed by atoms with E-state index in [9.17, 15) is 14.7 Å². The lowest BCUT2D eigenvalue weighted by atomic mass is 9.77. The Labute approximate surface area is 271 Å². The summed E-state index contributed by atoms with van der Waals surface area (Å²) in [6.45, 7) is 7.97. The number of hydrogen-bond acceptors (Lipinski definition) is 6. The SMILES string of the molecule is COc1nc(-c2cccc(-c3cccc(B4OC(C)(C)C(C)(C)O4)c3Cl)c2Cl)cc(Cl)c1CN(CC1CCC(=O)N1)C(=O)O. The molecular weight excluding hydrogens is 628 g/mol. The van der Waals surface area contributed by atoms with Crippen molar-refractivity contribution in [2.24, 2.45) is 0 Å². The zero-order valence-electron chi connectivity index (χ0n) is 25.0. The summed E-state index contributed by atoms with van der Waals surface area (Å²) >= 11 is 20.7. The molecule has 13 heteroatoms. The van der Waals surface area contributed by atoms with Gasteiger partial charge in [0, 0.05) is 46.2 Å². The molecule has 2 aromatic carbocycles. The van der Waals surface area contributed by atoms with Crippen LogP contribution in [0.15, 0.2) is 42.5 Å². The molecule has 2 saturated heterocycles. The van der Waals surface area contributed by atoms with Crippen molar-refractivity contribution in [1.82, 2.24) is 15.2 Å². The zero-order chi connectivity index (χ0) is 32.0. The molecule has 0 aliphatic carbocycles. The summed E-state index contributed by atoms with van der Waals surface area (Å²) in [5.74, 6) is 0.0682. The fraction of sp³-hybridized carbons (Fsp3) is 0.387. The number of nitrogens with one attached hydrogen (secondary N) is 1. The molecular formula is C31H33BCl3N3O6. The minimum atomic E-state index is -1.15. The van der Waals surface area contributed by atoms with E-state index >= 15 is 0 Å². The van der Waals surface area contributed by atoms with Crippen LogP contribution in [0.5, 0.6) is 5.88 Å². The summed E-state index contributed by atoms with van der Waals surface area (Å²) in [5.41, 5.74) is 2.41. The van der Waals surface area contributed by atoms with Gasteiger partial charge in [-0.3, -0.25) is 4.79 Å². The Morgan fingerprint density at radius 1 is 1.07 bits per heavy atom. The lowest BCUT2D eigenvalue weighted by molar-refractivity contribution is -0.119. The lowest BCUT2D eigenvalue weighted by Gasteiger charge is -2.32. The van der Waals surface area contributed by atoms with Gasteiger partial charge in [-0.1, -0.05) is 71.2 Å². The van der Waals surface area contributed by atoms with E-state index in [1.165, 1.54) is 12.0 Å². The first-order chi connectivity index (χ1) is 20.7. The van der Waals surface area contributed by atoms with Gasteiger partial charge in [0.25, 0.3) is 0 Å². The maximum Gasteiger partial charge on any atom is 0.496 e. The Bertz CT molecular complexity index is 1600. The van der Waals surface area contributed by atoms with Crippen molar-refractivity contribution in [1.29, 1.82) is 0 Å². The van der Waals surface area contributed by atoms with Crippen molar-refractivity contribution < 1.29 is 28.7 Å². The molecule has 1 atom stereocenters. The molecule has 1 aromatic heterocycles. The van der Waals surface area contributed by atoms with Crippen LogP contribution in [0.1, 0.15) is 46.1 Å². The third-order valence-electron chi connectivity index (χ3n) is 8.47. The second-order valence-electron chi connectivity index (χ2n) is 11.9. The summed E-state index contributed by atoms with van der Waals surface area (Å²) < 4.78 is 18.0. The van der Waals surface area contributed by atoms with Gasteiger partial charge in [0.15, 0.2) is 0 Å². The van der Waals surface area contributed by atoms with Crippen LogP contribution in [-0.2, 0) is 20.6 Å². The molecule has 0 saturated carbocycles. The molecule has 1 unspecified atom stereocenters. The van der Waals surface area contributed by atoms with Crippen LogP contribution in [-0.4, -0.2) is 65.0 Å². The molecule has 3 heterocycles. The number of aromatic nitrogens is 1. The van der Waals surface area contributed by atoms with E-state index in [0.29, 0.717) is 56.3 Å². The minimum absolute atomic E-state index is 0.0773. The topological polar surface area (TPSA) is 110 Å². The van der Waals surface area contributed by atoms with Gasteiger partial charge in [0.2, 0.25) is 11.8 Å². The first-order valence-electron chi connectivity index (χ1n) is 14.2. The number of halogens is 3. The predicted octanol–water partition coefficient (Wildman–Crippen LogP) is 6.44. The Morgan fingerprint density at radius 2 is 1.68 bits per heavy atom. The van der Waals surface area contributed by atoms with Crippen molar-refractivity contribution in [3.05, 3.63) is 63.1 Å². The highest BCUT2D eigenvalue weighted by Crippen LogP contribution is 2.42. The van der Waals surface area contributed by atoms with E-state index in [4.69, 9.17) is 48.8 Å². The van der Waals surface area contributed by atoms with Gasteiger partial charge in [-0.2, -0.15) is 0 Å². The van der Waals surface area contributed by atoms with Crippen LogP contribution < -0.4 is 15.5 Å². The fourth-order valence-electron chi connectivity index (χ4n) is 5.30. The van der Waals surface area contributed by atoms with E-state index in [2.05, 4.69) is 10.3 Å². The number of nitrogens with zero attached hydrogens (tertiary/aromatic N) is 2. The van der Waals surface area contributed by atoms with Crippen LogP contribution in [0.4, 0.5) is 4.79 Å². The summed E-state index contributed by atoms with van der Waals surface area (Å²) in [6.07, 6.45) is -0.223. The van der Waals surface area contributed by atoms with Crippen LogP contribution in [0.25, 0.3) is 22.4 Å². The zero-order valence-corrected chi connectivity index (χ0v) is 27.3. The Morgan fingerprint density at radius 3 is 2.27 bits per heavy atom. The highest BCUT2D eigenvalue weighted by atomic mass is 35.5. The Kier molecular flexibility index (Phi) is 9.13. The molecule has 44 heavy (non-hydrogen) atoms. The van der Waals surface area contributed by atoms with Crippen molar-refractivity contribution in [3.8, 4) is 28.3 Å². The van der Waals surface area contributed by atoms with Crippen LogP contribution in [0.3, 0.4) is 0 Å². The molecule has 5 rings (SSSR count). The van der Waals surface area contributed by atoms with Gasteiger partial charge in [-0.25, -0.2) is 9.78 Å². The molecule has 232 valence electrons. The number of hydrogen-bond donors (Lipinski definition) is 2. The molecule has 2 fully saturated rings. The quantitative estimate of drug-likeness (QED) is 0.268. The monoisotopic (exact) mass is 659 g/mol. The largest absolute Gasteiger partial charge is 0.496 e. The number of rotatable bonds is 8. The Hall–Kier alpha value is -3.02. The number of carbonyl (C=O) groups excluding carboxylic acids is 1. The third kappa shape index (κ3) is 6.23. The molecule has 0 radical (unpaired) electrons. The average molecular weight is 661 g/mol. The summed E-state index contributed by atoms with van der Waals surface area (Å²) in [4.78, 5) is 29.5. The van der Waals surface area contributed by atoms with Gasteiger partial charge in [-0.05, 0) is 40.2 Å². The molecule has 0 spiro atoms. The first kappa shape index (κ1) is 32.4. The molecule has 0 bridgehead atoms. The van der Waals surface area contributed by atoms with Gasteiger partial charge in [-0.15, -0.1) is 0 Å². The van der Waals surface area contributed by atoms with Crippen LogP contribution >= 0.6 is 34.8 Å². The van der Waals surface area contributed by atoms with Crippen molar-refractivity contribution >= 4 is 59.4 Å². The number of benzene rings is 2. The van der Waals surface area contributed by atoms with Crippen molar-refractivity contribution in [2.45, 2.75) is 64.3 Å². The molecule has 2 amide bonds. The number of amides is 2. The maximum atomic E-state index is 12.1. The third-order valence-corrected chi connectivity index (χ3v) is 9.64. The number of methoxy groups -OCH3 is 1. The molecule has 2 aliphatic rings. The van der Waals surface area contributed by atoms with E-state index in [1.807, 2.05) is 64.1 Å². The number of carbonyl (C=O) groups is 2. The van der Waals surface area contributed by atoms with Crippen LogP contribution in [0.2, 0.25) is 15.1 Å². The average Bonchev–Trinajstić information content (AvgIpc) is 3.46. The van der Waals surface area contributed by atoms with Gasteiger partial charge in [0.1, 0.15) is 0 Å². The molecule has 2 N–H and O–H groups in total. The standard InChI is InChI=1S/C31H33BCl3N3O6/c1-30(2)31(3,4)44-32(43-30)22-11-7-9-19(27(22)35)18-8-6-10-20(26(18)34)24-14-23(33)21(28(37-24)42-5)16-38(29(40)41)15-17-12-13-25(39)36-17/h6-11,14,17H,12-13,15-16H2,1-5H3,(H,36,39)(H,40,41). The van der Waals surface area contributed by atoms with Gasteiger partial charge >= 0.3 is 13.2 Å². The normalized spacial score (nSPS) is 18.8. The summed E-state index contributed by atoms with van der Waals surface area (Å²) in [7, 11) is 0.787. The summed E-state index contributed by atoms with van der Waals surface area (Å²) in [6, 6.07) is 12.5. The highest BCUT2D eigenvalue weighted by Gasteiger charge is 2.52. The van der Waals surface area contributed by atoms with E-state index in [1.54, 1.807) is 6.07 Å². The van der Waals surface area contributed by atoms with Gasteiger partial charge < -0.3 is 29.4 Å². The first-order valence-corrected chi connectivity index (χ1v) is 15.3. The van der Waals surface area contributed by atoms with Crippen molar-refractivity contribution in [3.63, 3.8) is 0 Å². The predicted molar refractivity (Wildman–Crippen MR) is 172 cm³/mol. The van der Waals surface area contributed by atoms with E-state index in [0.717, 1.165) is 0 Å². The highest BCUT2D eigenvalue weighted by molar-refractivity contribution is 6.66. The number of pyridine rings is 1. The molecule has 3 aromatic rings. The maximum absolute atomic E-state index is 12.1. The summed E-state index contributed by atoms with van der Waals surface area (Å²) in [5, 5.41) is 13.7. The van der Waals surface area contributed by atoms with Crippen molar-refractivity contribution in [2.75, 3.05) is 13.7 Å².